The Bertz CT molecular complexity index is 204. The molecule has 102 valence electrons. The van der Waals surface area contributed by atoms with Crippen LogP contribution in [0.2, 0.25) is 0 Å². The number of primary amides is 2. The van der Waals surface area contributed by atoms with Crippen LogP contribution in [0.1, 0.15) is 40.0 Å². The fourth-order valence-electron chi connectivity index (χ4n) is 1.86. The van der Waals surface area contributed by atoms with Crippen LogP contribution in [-0.2, 0) is 9.59 Å². The lowest BCUT2D eigenvalue weighted by atomic mass is 10.4. The van der Waals surface area contributed by atoms with Crippen LogP contribution in [0.4, 0.5) is 0 Å². The molecule has 0 bridgehead atoms. The van der Waals surface area contributed by atoms with Crippen LogP contribution >= 0.6 is 0 Å². The lowest BCUT2D eigenvalue weighted by Crippen LogP contribution is -2.41. The summed E-state index contributed by atoms with van der Waals surface area (Å²) in [4.78, 5) is 18.4. The first-order chi connectivity index (χ1) is 7.73. The predicted octanol–water partition coefficient (Wildman–Crippen LogP) is 0.620. The predicted molar refractivity (Wildman–Crippen MR) is 70.0 cm³/mol. The SMILES string of the molecule is CC(N)=O.CC(N)=O.CCC[N+]1(C)CCCC1. The molecule has 1 rings (SSSR count). The van der Waals surface area contributed by atoms with E-state index in [1.165, 1.54) is 57.2 Å². The van der Waals surface area contributed by atoms with Gasteiger partial charge in [-0.25, -0.2) is 0 Å². The monoisotopic (exact) mass is 246 g/mol. The summed E-state index contributed by atoms with van der Waals surface area (Å²) in [6.45, 7) is 9.13. The number of nitrogens with two attached hydrogens (primary N) is 2. The molecule has 2 amide bonds. The van der Waals surface area contributed by atoms with E-state index in [1.54, 1.807) is 0 Å². The molecule has 1 fully saturated rings. The molecule has 17 heavy (non-hydrogen) atoms. The Morgan fingerprint density at radius 2 is 1.35 bits per heavy atom. The van der Waals surface area contributed by atoms with E-state index in [9.17, 15) is 9.59 Å². The summed E-state index contributed by atoms with van der Waals surface area (Å²) in [6, 6.07) is 0. The van der Waals surface area contributed by atoms with Gasteiger partial charge in [-0.05, 0) is 6.42 Å². The number of likely N-dealkylation sites (tertiary alicyclic amines) is 1. The number of carbonyl (C=O) groups excluding carboxylic acids is 2. The lowest BCUT2D eigenvalue weighted by Gasteiger charge is -2.28. The van der Waals surface area contributed by atoms with Crippen molar-refractivity contribution in [1.82, 2.24) is 0 Å². The van der Waals surface area contributed by atoms with Crippen LogP contribution in [0.25, 0.3) is 0 Å². The van der Waals surface area contributed by atoms with Gasteiger partial charge in [0.15, 0.2) is 0 Å². The highest BCUT2D eigenvalue weighted by Crippen LogP contribution is 2.15. The van der Waals surface area contributed by atoms with Gasteiger partial charge in [-0.15, -0.1) is 0 Å². The van der Waals surface area contributed by atoms with E-state index >= 15 is 0 Å². The normalized spacial score (nSPS) is 16.0. The van der Waals surface area contributed by atoms with Gasteiger partial charge in [0.05, 0.1) is 26.7 Å². The van der Waals surface area contributed by atoms with Crippen molar-refractivity contribution in [1.29, 1.82) is 0 Å². The topological polar surface area (TPSA) is 86.2 Å². The molecule has 5 heteroatoms. The highest BCUT2D eigenvalue weighted by Gasteiger charge is 2.24. The van der Waals surface area contributed by atoms with E-state index in [0.29, 0.717) is 0 Å². The number of hydrogen-bond donors (Lipinski definition) is 2. The van der Waals surface area contributed by atoms with Gasteiger partial charge in [0.1, 0.15) is 0 Å². The minimum Gasteiger partial charge on any atom is -0.370 e. The largest absolute Gasteiger partial charge is 0.370 e. The summed E-state index contributed by atoms with van der Waals surface area (Å²) < 4.78 is 1.34. The van der Waals surface area contributed by atoms with Crippen LogP contribution in [-0.4, -0.2) is 43.0 Å². The second kappa shape index (κ2) is 10.1. The van der Waals surface area contributed by atoms with E-state index in [4.69, 9.17) is 0 Å². The van der Waals surface area contributed by atoms with Gasteiger partial charge < -0.3 is 16.0 Å². The van der Waals surface area contributed by atoms with Crippen LogP contribution in [0.3, 0.4) is 0 Å². The summed E-state index contributed by atoms with van der Waals surface area (Å²) in [6.07, 6.45) is 4.25. The zero-order valence-electron chi connectivity index (χ0n) is 11.7. The van der Waals surface area contributed by atoms with Crippen molar-refractivity contribution in [3.63, 3.8) is 0 Å². The van der Waals surface area contributed by atoms with Crippen molar-refractivity contribution < 1.29 is 14.1 Å². The molecular formula is C12H28N3O2+. The molecule has 1 aliphatic rings. The standard InChI is InChI=1S/C8H18N.2C2H5NO/c1-3-6-9(2)7-4-5-8-9;2*1-2(3)4/h3-8H2,1-2H3;2*1H3,(H2,3,4)/q+1;;. The van der Waals surface area contributed by atoms with E-state index in [2.05, 4.69) is 25.4 Å². The van der Waals surface area contributed by atoms with Crippen molar-refractivity contribution in [3.05, 3.63) is 0 Å². The van der Waals surface area contributed by atoms with E-state index < -0.39 is 0 Å². The van der Waals surface area contributed by atoms with Gasteiger partial charge >= 0.3 is 0 Å². The molecule has 5 nitrogen and oxygen atoms in total. The first-order valence-corrected chi connectivity index (χ1v) is 6.09. The highest BCUT2D eigenvalue weighted by molar-refractivity contribution is 5.70. The number of nitrogens with zero attached hydrogens (tertiary/aromatic N) is 1. The van der Waals surface area contributed by atoms with Crippen molar-refractivity contribution in [3.8, 4) is 0 Å². The zero-order chi connectivity index (χ0) is 13.9. The van der Waals surface area contributed by atoms with Crippen molar-refractivity contribution >= 4 is 11.8 Å². The average molecular weight is 246 g/mol. The third-order valence-electron chi connectivity index (χ3n) is 2.41. The highest BCUT2D eigenvalue weighted by atomic mass is 16.1. The van der Waals surface area contributed by atoms with E-state index in [0.717, 1.165) is 0 Å². The molecule has 0 aliphatic carbocycles. The Morgan fingerprint density at radius 3 is 1.59 bits per heavy atom. The molecule has 0 atom stereocenters. The Balaban J connectivity index is 0. The van der Waals surface area contributed by atoms with Gasteiger partial charge in [-0.1, -0.05) is 6.92 Å². The second-order valence-electron chi connectivity index (χ2n) is 4.72. The fourth-order valence-corrected chi connectivity index (χ4v) is 1.86. The number of quaternary nitrogens is 1. The van der Waals surface area contributed by atoms with Crippen LogP contribution in [0.5, 0.6) is 0 Å². The minimum atomic E-state index is -0.333. The first-order valence-electron chi connectivity index (χ1n) is 6.09. The Hall–Kier alpha value is -1.10. The molecule has 0 aromatic heterocycles. The van der Waals surface area contributed by atoms with E-state index in [1.807, 2.05) is 0 Å². The Morgan fingerprint density at radius 1 is 1.06 bits per heavy atom. The van der Waals surface area contributed by atoms with Gasteiger partial charge in [0, 0.05) is 26.7 Å². The molecular weight excluding hydrogens is 218 g/mol. The maximum Gasteiger partial charge on any atom is 0.214 e. The summed E-state index contributed by atoms with van der Waals surface area (Å²) >= 11 is 0. The molecule has 1 heterocycles. The van der Waals surface area contributed by atoms with Gasteiger partial charge in [-0.3, -0.25) is 9.59 Å². The van der Waals surface area contributed by atoms with Crippen LogP contribution in [0, 0.1) is 0 Å². The minimum absolute atomic E-state index is 0.333. The molecule has 0 aromatic carbocycles. The van der Waals surface area contributed by atoms with Gasteiger partial charge in [-0.2, -0.15) is 0 Å². The maximum absolute atomic E-state index is 9.22. The smallest absolute Gasteiger partial charge is 0.214 e. The molecule has 4 N–H and O–H groups in total. The van der Waals surface area contributed by atoms with Gasteiger partial charge in [0.25, 0.3) is 0 Å². The Labute approximate surface area is 105 Å². The van der Waals surface area contributed by atoms with E-state index in [-0.39, 0.29) is 11.8 Å². The first kappa shape index (κ1) is 18.3. The number of carbonyl (C=O) groups is 2. The summed E-state index contributed by atoms with van der Waals surface area (Å²) in [5.74, 6) is -0.667. The molecule has 0 aromatic rings. The maximum atomic E-state index is 9.22. The van der Waals surface area contributed by atoms with Crippen molar-refractivity contribution in [2.75, 3.05) is 26.7 Å². The van der Waals surface area contributed by atoms with Crippen molar-refractivity contribution in [2.24, 2.45) is 11.5 Å². The Kier molecular flexibility index (Phi) is 10.8. The second-order valence-corrected chi connectivity index (χ2v) is 4.72. The average Bonchev–Trinajstić information content (AvgIpc) is 2.50. The fraction of sp³-hybridized carbons (Fsp3) is 0.833. The molecule has 0 unspecified atom stereocenters. The zero-order valence-corrected chi connectivity index (χ0v) is 11.7. The molecule has 0 spiro atoms. The lowest BCUT2D eigenvalue weighted by molar-refractivity contribution is -0.897. The van der Waals surface area contributed by atoms with Gasteiger partial charge in [0.2, 0.25) is 11.8 Å². The summed E-state index contributed by atoms with van der Waals surface area (Å²) in [7, 11) is 2.39. The number of hydrogen-bond acceptors (Lipinski definition) is 2. The third kappa shape index (κ3) is 17.5. The quantitative estimate of drug-likeness (QED) is 0.700. The molecule has 1 saturated heterocycles. The van der Waals surface area contributed by atoms with Crippen LogP contribution in [0.15, 0.2) is 0 Å². The number of amides is 2. The summed E-state index contributed by atoms with van der Waals surface area (Å²) in [5, 5.41) is 0. The van der Waals surface area contributed by atoms with Crippen LogP contribution < -0.4 is 11.5 Å². The number of rotatable bonds is 2. The summed E-state index contributed by atoms with van der Waals surface area (Å²) in [5.41, 5.74) is 8.94. The molecule has 1 aliphatic heterocycles. The van der Waals surface area contributed by atoms with Crippen molar-refractivity contribution in [2.45, 2.75) is 40.0 Å². The third-order valence-corrected chi connectivity index (χ3v) is 2.41. The molecule has 0 radical (unpaired) electrons. The molecule has 0 saturated carbocycles.